The van der Waals surface area contributed by atoms with E-state index in [1.54, 1.807) is 0 Å². The molecule has 2 aliphatic rings. The highest BCUT2D eigenvalue weighted by atomic mass is 16.6. The minimum atomic E-state index is -0.975. The number of rotatable bonds is 6. The lowest BCUT2D eigenvalue weighted by atomic mass is 9.77. The van der Waals surface area contributed by atoms with Gasteiger partial charge in [-0.2, -0.15) is 0 Å². The molecular weight excluding hydrogens is 388 g/mol. The third kappa shape index (κ3) is 5.68. The lowest BCUT2D eigenvalue weighted by Crippen LogP contribution is -2.52. The van der Waals surface area contributed by atoms with E-state index in [0.29, 0.717) is 18.4 Å². The summed E-state index contributed by atoms with van der Waals surface area (Å²) in [5, 5.41) is 0. The number of allylic oxidation sites excluding steroid dienone is 2. The van der Waals surface area contributed by atoms with Gasteiger partial charge in [-0.05, 0) is 82.4 Å². The zero-order valence-corrected chi connectivity index (χ0v) is 20.2. The lowest BCUT2D eigenvalue weighted by molar-refractivity contribution is -0.205. The number of nitrogen functional groups attached to an aromatic ring is 1. The summed E-state index contributed by atoms with van der Waals surface area (Å²) in [5.41, 5.74) is 9.11. The summed E-state index contributed by atoms with van der Waals surface area (Å²) in [5.74, 6) is -0.168. The maximum atomic E-state index is 12.9. The molecule has 0 spiro atoms. The van der Waals surface area contributed by atoms with Crippen LogP contribution in [0.2, 0.25) is 0 Å². The molecule has 1 aliphatic carbocycles. The first-order valence-electron chi connectivity index (χ1n) is 11.8. The van der Waals surface area contributed by atoms with Crippen LogP contribution in [0.4, 0.5) is 5.69 Å². The largest absolute Gasteiger partial charge is 0.464 e. The molecule has 3 rings (SSSR count). The summed E-state index contributed by atoms with van der Waals surface area (Å²) in [4.78, 5) is 17.9. The number of unbranched alkanes of at least 4 members (excludes halogenated alkanes) is 1. The molecular formula is C26H40N2O3. The number of hydrogen-bond acceptors (Lipinski definition) is 5. The Balaban J connectivity index is 1.86. The second kappa shape index (κ2) is 8.93. The number of nitrogens with two attached hydrogens (primary N) is 1. The molecule has 2 N–H and O–H groups in total. The zero-order chi connectivity index (χ0) is 22.9. The van der Waals surface area contributed by atoms with Crippen LogP contribution in [-0.4, -0.2) is 28.8 Å². The molecule has 0 aromatic carbocycles. The van der Waals surface area contributed by atoms with Crippen LogP contribution in [-0.2, 0) is 14.3 Å². The van der Waals surface area contributed by atoms with Crippen molar-refractivity contribution in [1.82, 2.24) is 4.98 Å². The van der Waals surface area contributed by atoms with Gasteiger partial charge < -0.3 is 15.2 Å². The average Bonchev–Trinajstić information content (AvgIpc) is 2.67. The summed E-state index contributed by atoms with van der Waals surface area (Å²) >= 11 is 0. The van der Waals surface area contributed by atoms with Crippen molar-refractivity contribution in [2.24, 2.45) is 5.41 Å². The molecule has 0 bridgehead atoms. The monoisotopic (exact) mass is 428 g/mol. The molecule has 1 saturated heterocycles. The van der Waals surface area contributed by atoms with E-state index in [0.717, 1.165) is 55.6 Å². The molecule has 2 unspecified atom stereocenters. The van der Waals surface area contributed by atoms with Crippen LogP contribution < -0.4 is 5.73 Å². The molecule has 172 valence electrons. The summed E-state index contributed by atoms with van der Waals surface area (Å²) < 4.78 is 11.8. The third-order valence-corrected chi connectivity index (χ3v) is 6.68. The first-order chi connectivity index (χ1) is 14.4. The first-order valence-corrected chi connectivity index (χ1v) is 11.8. The van der Waals surface area contributed by atoms with Crippen LogP contribution in [0.3, 0.4) is 0 Å². The highest BCUT2D eigenvalue weighted by Gasteiger charge is 2.48. The SMILES string of the molecule is CCCCOC(=O)C1(C)CC(c2ccc(N)c(C3=CCC(C)(C)CC3)n2)CC(C)(C)O1. The van der Waals surface area contributed by atoms with Gasteiger partial charge in [-0.25, -0.2) is 4.79 Å². The van der Waals surface area contributed by atoms with E-state index in [1.165, 1.54) is 5.57 Å². The fourth-order valence-corrected chi connectivity index (χ4v) is 4.89. The number of ether oxygens (including phenoxy) is 2. The van der Waals surface area contributed by atoms with E-state index < -0.39 is 11.2 Å². The summed E-state index contributed by atoms with van der Waals surface area (Å²) in [6.07, 6.45) is 8.68. The number of esters is 1. The van der Waals surface area contributed by atoms with Gasteiger partial charge in [0.1, 0.15) is 0 Å². The Hall–Kier alpha value is -1.88. The molecule has 1 fully saturated rings. The Labute approximate surface area is 187 Å². The molecule has 1 aromatic rings. The second-order valence-electron chi connectivity index (χ2n) is 11.0. The van der Waals surface area contributed by atoms with Gasteiger partial charge in [0.2, 0.25) is 0 Å². The van der Waals surface area contributed by atoms with Gasteiger partial charge in [0.15, 0.2) is 5.60 Å². The number of aromatic nitrogens is 1. The lowest BCUT2D eigenvalue weighted by Gasteiger charge is -2.45. The van der Waals surface area contributed by atoms with E-state index in [1.807, 2.05) is 32.9 Å². The summed E-state index contributed by atoms with van der Waals surface area (Å²) in [6.45, 7) is 13.1. The van der Waals surface area contributed by atoms with Crippen molar-refractivity contribution in [3.05, 3.63) is 29.6 Å². The number of pyridine rings is 1. The molecule has 0 saturated carbocycles. The highest BCUT2D eigenvalue weighted by molar-refractivity contribution is 5.79. The predicted octanol–water partition coefficient (Wildman–Crippen LogP) is 6.03. The Morgan fingerprint density at radius 3 is 2.61 bits per heavy atom. The number of anilines is 1. The van der Waals surface area contributed by atoms with Crippen LogP contribution in [0.1, 0.15) is 104 Å². The quantitative estimate of drug-likeness (QED) is 0.442. The van der Waals surface area contributed by atoms with Crippen LogP contribution in [0.25, 0.3) is 5.57 Å². The van der Waals surface area contributed by atoms with Crippen molar-refractivity contribution in [3.8, 4) is 0 Å². The first kappa shape index (κ1) is 23.8. The van der Waals surface area contributed by atoms with Gasteiger partial charge in [-0.15, -0.1) is 0 Å². The Kier molecular flexibility index (Phi) is 6.85. The van der Waals surface area contributed by atoms with Gasteiger partial charge in [0, 0.05) is 11.6 Å². The molecule has 31 heavy (non-hydrogen) atoms. The predicted molar refractivity (Wildman–Crippen MR) is 126 cm³/mol. The minimum Gasteiger partial charge on any atom is -0.464 e. The summed E-state index contributed by atoms with van der Waals surface area (Å²) in [6, 6.07) is 3.98. The maximum Gasteiger partial charge on any atom is 0.338 e. The maximum absolute atomic E-state index is 12.9. The van der Waals surface area contributed by atoms with Gasteiger partial charge in [0.25, 0.3) is 0 Å². The Morgan fingerprint density at radius 2 is 1.97 bits per heavy atom. The number of nitrogens with zero attached hydrogens (tertiary/aromatic N) is 1. The number of carbonyl (C=O) groups is 1. The fourth-order valence-electron chi connectivity index (χ4n) is 4.89. The second-order valence-corrected chi connectivity index (χ2v) is 11.0. The van der Waals surface area contributed by atoms with Crippen LogP contribution in [0.15, 0.2) is 18.2 Å². The van der Waals surface area contributed by atoms with Crippen molar-refractivity contribution >= 4 is 17.2 Å². The zero-order valence-electron chi connectivity index (χ0n) is 20.2. The molecule has 0 amide bonds. The third-order valence-electron chi connectivity index (χ3n) is 6.68. The molecule has 2 atom stereocenters. The number of carbonyl (C=O) groups excluding carboxylic acids is 1. The van der Waals surface area contributed by atoms with E-state index in [-0.39, 0.29) is 11.9 Å². The average molecular weight is 429 g/mol. The van der Waals surface area contributed by atoms with Crippen LogP contribution in [0.5, 0.6) is 0 Å². The van der Waals surface area contributed by atoms with Crippen molar-refractivity contribution < 1.29 is 14.3 Å². The fraction of sp³-hybridized carbons (Fsp3) is 0.692. The van der Waals surface area contributed by atoms with Crippen molar-refractivity contribution in [2.75, 3.05) is 12.3 Å². The standard InChI is InChI=1S/C26H40N2O3/c1-7-8-15-30-23(29)26(6)17-19(16-25(4,5)31-26)21-10-9-20(27)22(28-21)18-11-13-24(2,3)14-12-18/h9-11,19H,7-8,12-17,27H2,1-6H3. The van der Waals surface area contributed by atoms with E-state index in [9.17, 15) is 4.79 Å². The molecule has 5 heteroatoms. The molecule has 1 aromatic heterocycles. The van der Waals surface area contributed by atoms with Gasteiger partial charge in [0.05, 0.1) is 23.6 Å². The van der Waals surface area contributed by atoms with Gasteiger partial charge in [-0.1, -0.05) is 33.3 Å². The van der Waals surface area contributed by atoms with Crippen LogP contribution >= 0.6 is 0 Å². The normalized spacial score (nSPS) is 27.4. The van der Waals surface area contributed by atoms with Crippen LogP contribution in [0, 0.1) is 5.41 Å². The van der Waals surface area contributed by atoms with Gasteiger partial charge >= 0.3 is 5.97 Å². The molecule has 1 aliphatic heterocycles. The summed E-state index contributed by atoms with van der Waals surface area (Å²) in [7, 11) is 0. The van der Waals surface area contributed by atoms with E-state index >= 15 is 0 Å². The Bertz CT molecular complexity index is 843. The molecule has 0 radical (unpaired) electrons. The molecule has 2 heterocycles. The van der Waals surface area contributed by atoms with Crippen molar-refractivity contribution in [3.63, 3.8) is 0 Å². The minimum absolute atomic E-state index is 0.104. The molecule has 5 nitrogen and oxygen atoms in total. The number of hydrogen-bond donors (Lipinski definition) is 1. The van der Waals surface area contributed by atoms with Crippen molar-refractivity contribution in [1.29, 1.82) is 0 Å². The van der Waals surface area contributed by atoms with E-state index in [2.05, 4.69) is 26.8 Å². The van der Waals surface area contributed by atoms with E-state index in [4.69, 9.17) is 20.2 Å². The van der Waals surface area contributed by atoms with Gasteiger partial charge in [-0.3, -0.25) is 4.98 Å². The topological polar surface area (TPSA) is 74.4 Å². The van der Waals surface area contributed by atoms with Crippen molar-refractivity contribution in [2.45, 2.75) is 104 Å². The smallest absolute Gasteiger partial charge is 0.338 e. The highest BCUT2D eigenvalue weighted by Crippen LogP contribution is 2.45. The Morgan fingerprint density at radius 1 is 1.23 bits per heavy atom.